The lowest BCUT2D eigenvalue weighted by molar-refractivity contribution is -0.275. The highest BCUT2D eigenvalue weighted by molar-refractivity contribution is 5.81. The van der Waals surface area contributed by atoms with Crippen molar-refractivity contribution in [3.05, 3.63) is 53.4 Å². The first-order chi connectivity index (χ1) is 17.3. The van der Waals surface area contributed by atoms with Crippen molar-refractivity contribution in [2.24, 2.45) is 5.92 Å². The first-order valence-electron chi connectivity index (χ1n) is 11.5. The zero-order valence-electron chi connectivity index (χ0n) is 19.0. The van der Waals surface area contributed by atoms with E-state index in [1.54, 1.807) is 24.3 Å². The van der Waals surface area contributed by atoms with Crippen LogP contribution in [0.2, 0.25) is 0 Å². The number of carbonyl (C=O) groups is 1. The third kappa shape index (κ3) is 5.23. The molecule has 36 heavy (non-hydrogen) atoms. The molecule has 0 spiro atoms. The third-order valence-electron chi connectivity index (χ3n) is 6.31. The van der Waals surface area contributed by atoms with Crippen molar-refractivity contribution >= 4 is 17.0 Å². The molecule has 11 heteroatoms. The quantitative estimate of drug-likeness (QED) is 0.539. The van der Waals surface area contributed by atoms with Gasteiger partial charge in [-0.25, -0.2) is 4.98 Å². The Kier molecular flexibility index (Phi) is 6.45. The highest BCUT2D eigenvalue weighted by atomic mass is 19.4. The molecular weight excluding hydrogens is 479 g/mol. The van der Waals surface area contributed by atoms with E-state index in [2.05, 4.69) is 21.1 Å². The first-order valence-corrected chi connectivity index (χ1v) is 11.5. The van der Waals surface area contributed by atoms with E-state index in [1.807, 2.05) is 0 Å². The number of benzene rings is 2. The third-order valence-corrected chi connectivity index (χ3v) is 6.31. The number of piperidine rings is 1. The molecule has 188 valence electrons. The second kappa shape index (κ2) is 9.70. The van der Waals surface area contributed by atoms with Crippen molar-refractivity contribution in [2.75, 3.05) is 19.8 Å². The second-order valence-corrected chi connectivity index (χ2v) is 8.81. The largest absolute Gasteiger partial charge is 0.573 e. The predicted molar refractivity (Wildman–Crippen MR) is 119 cm³/mol. The van der Waals surface area contributed by atoms with Crippen molar-refractivity contribution in [1.29, 1.82) is 5.26 Å². The molecule has 0 bridgehead atoms. The van der Waals surface area contributed by atoms with E-state index in [-0.39, 0.29) is 36.7 Å². The van der Waals surface area contributed by atoms with E-state index in [1.165, 1.54) is 12.1 Å². The van der Waals surface area contributed by atoms with Gasteiger partial charge in [-0.05, 0) is 36.2 Å². The number of fused-ring (bicyclic) bond motifs is 1. The van der Waals surface area contributed by atoms with Crippen LogP contribution >= 0.6 is 0 Å². The molecule has 2 fully saturated rings. The van der Waals surface area contributed by atoms with Gasteiger partial charge in [0.25, 0.3) is 0 Å². The summed E-state index contributed by atoms with van der Waals surface area (Å²) in [7, 11) is 0. The lowest BCUT2D eigenvalue weighted by Gasteiger charge is -2.29. The SMILES string of the molecule is N#Cc1cccc2oc(C[C@@H]3C[C@@H](c4ccc(OC(F)(F)F)c(OC5CCOC5)c4)CNC3=O)nc12. The van der Waals surface area contributed by atoms with Gasteiger partial charge < -0.3 is 23.9 Å². The number of oxazole rings is 1. The lowest BCUT2D eigenvalue weighted by Crippen LogP contribution is -2.41. The minimum absolute atomic E-state index is 0.0169. The minimum Gasteiger partial charge on any atom is -0.484 e. The number of nitrogens with one attached hydrogen (secondary N) is 1. The fraction of sp³-hybridized carbons (Fsp3) is 0.400. The maximum atomic E-state index is 12.9. The van der Waals surface area contributed by atoms with Crippen LogP contribution in [0.3, 0.4) is 0 Å². The van der Waals surface area contributed by atoms with E-state index < -0.39 is 18.0 Å². The molecule has 2 aliphatic rings. The lowest BCUT2D eigenvalue weighted by atomic mass is 9.83. The summed E-state index contributed by atoms with van der Waals surface area (Å²) in [6, 6.07) is 11.4. The minimum atomic E-state index is -4.86. The van der Waals surface area contributed by atoms with Crippen molar-refractivity contribution in [3.8, 4) is 17.6 Å². The van der Waals surface area contributed by atoms with Crippen LogP contribution in [0, 0.1) is 17.2 Å². The Morgan fingerprint density at radius 1 is 1.22 bits per heavy atom. The number of rotatable bonds is 6. The van der Waals surface area contributed by atoms with E-state index in [0.717, 1.165) is 0 Å². The van der Waals surface area contributed by atoms with Gasteiger partial charge in [-0.2, -0.15) is 5.26 Å². The first kappa shape index (κ1) is 23.9. The number of hydrogen-bond acceptors (Lipinski definition) is 7. The second-order valence-electron chi connectivity index (χ2n) is 8.81. The molecule has 1 aromatic heterocycles. The molecule has 5 rings (SSSR count). The fourth-order valence-electron chi connectivity index (χ4n) is 4.58. The molecule has 3 atom stereocenters. The zero-order chi connectivity index (χ0) is 25.3. The standard InChI is InChI=1S/C25H22F3N3O5/c26-25(27,28)36-19-5-4-14(9-21(19)34-18-6-7-33-13-18)17-8-16(24(32)30-12-17)10-22-31-23-15(11-29)2-1-3-20(23)35-22/h1-5,9,16-18H,6-8,10,12-13H2,(H,30,32)/t16-,17+,18?/m0/s1. The Labute approximate surface area is 203 Å². The average molecular weight is 501 g/mol. The van der Waals surface area contributed by atoms with E-state index in [4.69, 9.17) is 13.9 Å². The molecule has 0 aliphatic carbocycles. The molecule has 2 aromatic carbocycles. The van der Waals surface area contributed by atoms with Gasteiger partial charge in [-0.15, -0.1) is 13.2 Å². The number of nitriles is 1. The highest BCUT2D eigenvalue weighted by Gasteiger charge is 2.35. The molecule has 2 saturated heterocycles. The number of carbonyl (C=O) groups excluding carboxylic acids is 1. The van der Waals surface area contributed by atoms with Gasteiger partial charge in [-0.1, -0.05) is 12.1 Å². The van der Waals surface area contributed by atoms with Gasteiger partial charge in [0.15, 0.2) is 23.0 Å². The number of para-hydroxylation sites is 1. The number of ether oxygens (including phenoxy) is 3. The number of hydrogen-bond donors (Lipinski definition) is 1. The number of amides is 1. The monoisotopic (exact) mass is 501 g/mol. The van der Waals surface area contributed by atoms with Gasteiger partial charge >= 0.3 is 6.36 Å². The van der Waals surface area contributed by atoms with Crippen molar-refractivity contribution in [1.82, 2.24) is 10.3 Å². The normalized spacial score (nSPS) is 22.3. The predicted octanol–water partition coefficient (Wildman–Crippen LogP) is 4.23. The molecule has 0 radical (unpaired) electrons. The Hall–Kier alpha value is -3.78. The highest BCUT2D eigenvalue weighted by Crippen LogP contribution is 2.38. The van der Waals surface area contributed by atoms with Gasteiger partial charge in [0.2, 0.25) is 5.91 Å². The van der Waals surface area contributed by atoms with Crippen LogP contribution in [-0.2, 0) is 16.0 Å². The molecule has 1 unspecified atom stereocenters. The summed E-state index contributed by atoms with van der Waals surface area (Å²) in [5.41, 5.74) is 2.01. The van der Waals surface area contributed by atoms with Gasteiger partial charge in [0, 0.05) is 31.2 Å². The smallest absolute Gasteiger partial charge is 0.484 e. The molecule has 3 heterocycles. The molecule has 8 nitrogen and oxygen atoms in total. The molecule has 1 N–H and O–H groups in total. The maximum Gasteiger partial charge on any atom is 0.573 e. The van der Waals surface area contributed by atoms with E-state index in [9.17, 15) is 23.2 Å². The van der Waals surface area contributed by atoms with Crippen LogP contribution in [0.5, 0.6) is 11.5 Å². The Morgan fingerprint density at radius 3 is 2.83 bits per heavy atom. The van der Waals surface area contributed by atoms with Crippen LogP contribution in [0.15, 0.2) is 40.8 Å². The van der Waals surface area contributed by atoms with Gasteiger partial charge in [0.1, 0.15) is 17.7 Å². The summed E-state index contributed by atoms with van der Waals surface area (Å²) in [5.74, 6) is -0.903. The topological polar surface area (TPSA) is 107 Å². The Bertz CT molecular complexity index is 1310. The number of alkyl halides is 3. The Balaban J connectivity index is 1.36. The summed E-state index contributed by atoms with van der Waals surface area (Å²) in [6.45, 7) is 1.09. The average Bonchev–Trinajstić information content (AvgIpc) is 3.50. The summed E-state index contributed by atoms with van der Waals surface area (Å²) in [5, 5.41) is 12.1. The number of nitrogens with zero attached hydrogens (tertiary/aromatic N) is 2. The van der Waals surface area contributed by atoms with E-state index >= 15 is 0 Å². The van der Waals surface area contributed by atoms with Crippen molar-refractivity contribution < 1.29 is 36.6 Å². The fourth-order valence-corrected chi connectivity index (χ4v) is 4.58. The summed E-state index contributed by atoms with van der Waals surface area (Å²) in [4.78, 5) is 17.0. The van der Waals surface area contributed by atoms with Crippen LogP contribution in [-0.4, -0.2) is 43.1 Å². The summed E-state index contributed by atoms with van der Waals surface area (Å²) >= 11 is 0. The molecule has 0 saturated carbocycles. The zero-order valence-corrected chi connectivity index (χ0v) is 19.0. The van der Waals surface area contributed by atoms with Crippen LogP contribution < -0.4 is 14.8 Å². The Morgan fingerprint density at radius 2 is 2.08 bits per heavy atom. The van der Waals surface area contributed by atoms with E-state index in [0.29, 0.717) is 54.1 Å². The van der Waals surface area contributed by atoms with Crippen molar-refractivity contribution in [3.63, 3.8) is 0 Å². The summed E-state index contributed by atoms with van der Waals surface area (Å²) < 4.78 is 59.8. The number of aromatic nitrogens is 1. The van der Waals surface area contributed by atoms with Gasteiger partial charge in [0.05, 0.1) is 18.8 Å². The molecular formula is C25H22F3N3O5. The molecule has 1 amide bonds. The molecule has 3 aromatic rings. The maximum absolute atomic E-state index is 12.9. The molecule has 2 aliphatic heterocycles. The van der Waals surface area contributed by atoms with Gasteiger partial charge in [-0.3, -0.25) is 4.79 Å². The number of halogens is 3. The summed E-state index contributed by atoms with van der Waals surface area (Å²) in [6.07, 6.45) is -4.01. The van der Waals surface area contributed by atoms with Crippen LogP contribution in [0.25, 0.3) is 11.1 Å². The van der Waals surface area contributed by atoms with Crippen LogP contribution in [0.4, 0.5) is 13.2 Å². The van der Waals surface area contributed by atoms with Crippen molar-refractivity contribution in [2.45, 2.75) is 37.6 Å². The van der Waals surface area contributed by atoms with Crippen LogP contribution in [0.1, 0.15) is 35.8 Å².